The number of ether oxygens (including phenoxy) is 1. The Morgan fingerprint density at radius 1 is 1.00 bits per heavy atom. The van der Waals surface area contributed by atoms with Crippen LogP contribution in [0.15, 0.2) is 65.0 Å². The molecule has 0 spiro atoms. The van der Waals surface area contributed by atoms with Gasteiger partial charge in [0.1, 0.15) is 5.82 Å². The summed E-state index contributed by atoms with van der Waals surface area (Å²) in [5.41, 5.74) is 3.08. The molecule has 28 heavy (non-hydrogen) atoms. The third-order valence-corrected chi connectivity index (χ3v) is 5.71. The highest BCUT2D eigenvalue weighted by Crippen LogP contribution is 2.23. The molecule has 0 radical (unpaired) electrons. The Morgan fingerprint density at radius 2 is 1.75 bits per heavy atom. The lowest BCUT2D eigenvalue weighted by Crippen LogP contribution is -2.37. The van der Waals surface area contributed by atoms with Crippen LogP contribution in [0.5, 0.6) is 0 Å². The fourth-order valence-electron chi connectivity index (χ4n) is 3.36. The third-order valence-electron chi connectivity index (χ3n) is 4.85. The summed E-state index contributed by atoms with van der Waals surface area (Å²) in [5, 5.41) is 2.10. The van der Waals surface area contributed by atoms with E-state index in [1.807, 2.05) is 30.3 Å². The average Bonchev–Trinajstić information content (AvgIpc) is 3.17. The summed E-state index contributed by atoms with van der Waals surface area (Å²) >= 11 is 1.63. The SMILES string of the molecule is Fc1ccc(-c2csc(=NCCCN3CCOCC3)n2-c2ccccc2)cc1. The van der Waals surface area contributed by atoms with Crippen molar-refractivity contribution in [2.45, 2.75) is 6.42 Å². The number of rotatable bonds is 6. The first kappa shape index (κ1) is 19.1. The predicted molar refractivity (Wildman–Crippen MR) is 111 cm³/mol. The fourth-order valence-corrected chi connectivity index (χ4v) is 4.30. The number of halogens is 1. The van der Waals surface area contributed by atoms with Gasteiger partial charge in [-0.3, -0.25) is 14.5 Å². The molecule has 0 unspecified atom stereocenters. The molecule has 1 fully saturated rings. The van der Waals surface area contributed by atoms with Gasteiger partial charge in [0.05, 0.1) is 18.9 Å². The van der Waals surface area contributed by atoms with Crippen molar-refractivity contribution in [1.82, 2.24) is 9.47 Å². The van der Waals surface area contributed by atoms with Crippen LogP contribution in [-0.4, -0.2) is 48.9 Å². The first-order valence-corrected chi connectivity index (χ1v) is 10.5. The second-order valence-corrected chi connectivity index (χ2v) is 7.61. The van der Waals surface area contributed by atoms with Gasteiger partial charge in [0, 0.05) is 37.2 Å². The zero-order chi connectivity index (χ0) is 19.2. The molecule has 0 aliphatic carbocycles. The molecule has 146 valence electrons. The first-order valence-electron chi connectivity index (χ1n) is 9.64. The molecule has 0 saturated carbocycles. The second-order valence-electron chi connectivity index (χ2n) is 6.77. The van der Waals surface area contributed by atoms with E-state index in [1.165, 1.54) is 12.1 Å². The number of hydrogen-bond donors (Lipinski definition) is 0. The van der Waals surface area contributed by atoms with E-state index in [0.717, 1.165) is 67.6 Å². The molecule has 1 aromatic heterocycles. The summed E-state index contributed by atoms with van der Waals surface area (Å²) in [6.45, 7) is 5.52. The van der Waals surface area contributed by atoms with Gasteiger partial charge in [-0.05, 0) is 48.4 Å². The van der Waals surface area contributed by atoms with Crippen molar-refractivity contribution in [1.29, 1.82) is 0 Å². The van der Waals surface area contributed by atoms with Crippen LogP contribution in [0.25, 0.3) is 16.9 Å². The summed E-state index contributed by atoms with van der Waals surface area (Å²) in [6, 6.07) is 16.8. The molecular weight excluding hydrogens is 373 g/mol. The number of morpholine rings is 1. The lowest BCUT2D eigenvalue weighted by atomic mass is 10.1. The summed E-state index contributed by atoms with van der Waals surface area (Å²) in [4.78, 5) is 8.28. The van der Waals surface area contributed by atoms with E-state index in [-0.39, 0.29) is 5.82 Å². The molecule has 0 N–H and O–H groups in total. The first-order chi connectivity index (χ1) is 13.8. The van der Waals surface area contributed by atoms with Crippen molar-refractivity contribution >= 4 is 11.3 Å². The van der Waals surface area contributed by atoms with Gasteiger partial charge in [0.2, 0.25) is 0 Å². The summed E-state index contributed by atoms with van der Waals surface area (Å²) in [5.74, 6) is -0.224. The molecule has 4 rings (SSSR count). The van der Waals surface area contributed by atoms with E-state index < -0.39 is 0 Å². The minimum Gasteiger partial charge on any atom is -0.379 e. The van der Waals surface area contributed by atoms with Crippen molar-refractivity contribution in [3.63, 3.8) is 0 Å². The number of hydrogen-bond acceptors (Lipinski definition) is 4. The van der Waals surface area contributed by atoms with Crippen LogP contribution >= 0.6 is 11.3 Å². The maximum absolute atomic E-state index is 13.4. The van der Waals surface area contributed by atoms with E-state index in [1.54, 1.807) is 11.3 Å². The van der Waals surface area contributed by atoms with Crippen molar-refractivity contribution in [3.8, 4) is 16.9 Å². The van der Waals surface area contributed by atoms with Crippen molar-refractivity contribution in [2.75, 3.05) is 39.4 Å². The van der Waals surface area contributed by atoms with Crippen molar-refractivity contribution < 1.29 is 9.13 Å². The number of thiazole rings is 1. The van der Waals surface area contributed by atoms with Gasteiger partial charge < -0.3 is 4.74 Å². The van der Waals surface area contributed by atoms with E-state index in [2.05, 4.69) is 27.0 Å². The molecule has 0 atom stereocenters. The highest BCUT2D eigenvalue weighted by Gasteiger charge is 2.11. The summed E-state index contributed by atoms with van der Waals surface area (Å²) in [7, 11) is 0. The molecule has 2 aromatic carbocycles. The van der Waals surface area contributed by atoms with Crippen LogP contribution in [0.4, 0.5) is 4.39 Å². The second kappa shape index (κ2) is 9.28. The molecule has 3 aromatic rings. The summed E-state index contributed by atoms with van der Waals surface area (Å²) < 4.78 is 20.9. The molecular formula is C22H24FN3OS. The molecule has 1 aliphatic heterocycles. The van der Waals surface area contributed by atoms with Gasteiger partial charge in [-0.1, -0.05) is 18.2 Å². The monoisotopic (exact) mass is 397 g/mol. The Labute approximate surface area is 168 Å². The van der Waals surface area contributed by atoms with Crippen LogP contribution in [-0.2, 0) is 4.74 Å². The van der Waals surface area contributed by atoms with Gasteiger partial charge in [0.25, 0.3) is 0 Å². The maximum Gasteiger partial charge on any atom is 0.189 e. The molecule has 1 aliphatic rings. The number of benzene rings is 2. The molecule has 2 heterocycles. The topological polar surface area (TPSA) is 29.8 Å². The number of aromatic nitrogens is 1. The standard InChI is InChI=1S/C22H24FN3OS/c23-19-9-7-18(8-10-19)21-17-28-22(26(21)20-5-2-1-3-6-20)24-11-4-12-25-13-15-27-16-14-25/h1-3,5-10,17H,4,11-16H2. The van der Waals surface area contributed by atoms with Crippen molar-refractivity contribution in [2.24, 2.45) is 4.99 Å². The van der Waals surface area contributed by atoms with E-state index in [0.29, 0.717) is 0 Å². The van der Waals surface area contributed by atoms with Crippen LogP contribution < -0.4 is 4.80 Å². The largest absolute Gasteiger partial charge is 0.379 e. The molecule has 0 amide bonds. The average molecular weight is 398 g/mol. The Morgan fingerprint density at radius 3 is 2.50 bits per heavy atom. The molecule has 1 saturated heterocycles. The van der Waals surface area contributed by atoms with Gasteiger partial charge in [-0.25, -0.2) is 4.39 Å². The third kappa shape index (κ3) is 4.58. The van der Waals surface area contributed by atoms with Gasteiger partial charge in [0.15, 0.2) is 4.80 Å². The fraction of sp³-hybridized carbons (Fsp3) is 0.318. The highest BCUT2D eigenvalue weighted by molar-refractivity contribution is 7.07. The minimum atomic E-state index is -0.224. The Bertz CT molecular complexity index is 944. The zero-order valence-electron chi connectivity index (χ0n) is 15.8. The normalized spacial score (nSPS) is 15.8. The van der Waals surface area contributed by atoms with Gasteiger partial charge >= 0.3 is 0 Å². The lowest BCUT2D eigenvalue weighted by molar-refractivity contribution is 0.0377. The summed E-state index contributed by atoms with van der Waals surface area (Å²) in [6.07, 6.45) is 1.03. The molecule has 0 bridgehead atoms. The molecule has 4 nitrogen and oxygen atoms in total. The minimum absolute atomic E-state index is 0.224. The van der Waals surface area contributed by atoms with Crippen LogP contribution in [0.3, 0.4) is 0 Å². The highest BCUT2D eigenvalue weighted by atomic mass is 32.1. The predicted octanol–water partition coefficient (Wildman–Crippen LogP) is 3.97. The Kier molecular flexibility index (Phi) is 6.31. The van der Waals surface area contributed by atoms with Gasteiger partial charge in [-0.15, -0.1) is 11.3 Å². The van der Waals surface area contributed by atoms with Crippen LogP contribution in [0, 0.1) is 5.82 Å². The smallest absolute Gasteiger partial charge is 0.189 e. The quantitative estimate of drug-likeness (QED) is 0.589. The molecule has 6 heteroatoms. The lowest BCUT2D eigenvalue weighted by Gasteiger charge is -2.26. The van der Waals surface area contributed by atoms with E-state index >= 15 is 0 Å². The number of nitrogens with zero attached hydrogens (tertiary/aromatic N) is 3. The van der Waals surface area contributed by atoms with Crippen molar-refractivity contribution in [3.05, 3.63) is 70.6 Å². The Hall–Kier alpha value is -2.28. The van der Waals surface area contributed by atoms with E-state index in [9.17, 15) is 4.39 Å². The van der Waals surface area contributed by atoms with Crippen LogP contribution in [0.1, 0.15) is 6.42 Å². The van der Waals surface area contributed by atoms with Gasteiger partial charge in [-0.2, -0.15) is 0 Å². The zero-order valence-corrected chi connectivity index (χ0v) is 16.6. The Balaban J connectivity index is 1.59. The van der Waals surface area contributed by atoms with E-state index in [4.69, 9.17) is 9.73 Å². The van der Waals surface area contributed by atoms with Crippen LogP contribution in [0.2, 0.25) is 0 Å². The maximum atomic E-state index is 13.4. The number of para-hydroxylation sites is 1.